The van der Waals surface area contributed by atoms with Gasteiger partial charge in [-0.2, -0.15) is 0 Å². The summed E-state index contributed by atoms with van der Waals surface area (Å²) in [7, 11) is 0. The Balaban J connectivity index is 1.88. The van der Waals surface area contributed by atoms with Crippen molar-refractivity contribution in [3.8, 4) is 0 Å². The largest absolute Gasteiger partial charge is 0.369 e. The van der Waals surface area contributed by atoms with E-state index >= 15 is 0 Å². The Morgan fingerprint density at radius 2 is 2.22 bits per heavy atom. The van der Waals surface area contributed by atoms with Crippen LogP contribution in [0, 0.1) is 5.41 Å². The lowest BCUT2D eigenvalue weighted by molar-refractivity contribution is -0.129. The second-order valence-electron chi connectivity index (χ2n) is 5.13. The third kappa shape index (κ3) is 3.07. The van der Waals surface area contributed by atoms with Gasteiger partial charge >= 0.3 is 0 Å². The van der Waals surface area contributed by atoms with Gasteiger partial charge in [0.15, 0.2) is 0 Å². The van der Waals surface area contributed by atoms with E-state index in [1.807, 2.05) is 12.1 Å². The highest BCUT2D eigenvalue weighted by molar-refractivity contribution is 5.81. The summed E-state index contributed by atoms with van der Waals surface area (Å²) in [4.78, 5) is 15.7. The monoisotopic (exact) mass is 247 g/mol. The van der Waals surface area contributed by atoms with Crippen LogP contribution in [0.4, 0.5) is 0 Å². The molecule has 4 heteroatoms. The summed E-state index contributed by atoms with van der Waals surface area (Å²) in [6, 6.07) is 4.05. The molecule has 1 aliphatic rings. The molecule has 0 bridgehead atoms. The molecule has 2 heterocycles. The molecule has 1 fully saturated rings. The van der Waals surface area contributed by atoms with Crippen molar-refractivity contribution >= 4 is 5.91 Å². The van der Waals surface area contributed by atoms with Gasteiger partial charge in [-0.1, -0.05) is 0 Å². The van der Waals surface area contributed by atoms with Crippen molar-refractivity contribution in [2.75, 3.05) is 13.1 Å². The Hall–Kier alpha value is -1.42. The van der Waals surface area contributed by atoms with Crippen molar-refractivity contribution in [2.45, 2.75) is 32.1 Å². The van der Waals surface area contributed by atoms with E-state index in [1.165, 1.54) is 5.56 Å². The highest BCUT2D eigenvalue weighted by Crippen LogP contribution is 2.31. The first-order valence-electron chi connectivity index (χ1n) is 6.62. The first-order valence-corrected chi connectivity index (χ1v) is 6.62. The molecule has 4 nitrogen and oxygen atoms in total. The number of carbonyl (C=O) groups excluding carboxylic acids is 1. The number of aromatic nitrogens is 1. The van der Waals surface area contributed by atoms with Crippen LogP contribution in [0.15, 0.2) is 24.5 Å². The van der Waals surface area contributed by atoms with E-state index < -0.39 is 0 Å². The molecule has 3 N–H and O–H groups in total. The zero-order valence-corrected chi connectivity index (χ0v) is 10.7. The Kier molecular flexibility index (Phi) is 4.31. The molecule has 0 radical (unpaired) electrons. The number of nitrogens with two attached hydrogens (primary N) is 1. The summed E-state index contributed by atoms with van der Waals surface area (Å²) in [5.41, 5.74) is 6.54. The normalized spacial score (nSPS) is 23.8. The van der Waals surface area contributed by atoms with E-state index in [4.69, 9.17) is 5.73 Å². The molecule has 1 atom stereocenters. The zero-order valence-electron chi connectivity index (χ0n) is 10.7. The minimum atomic E-state index is -0.328. The van der Waals surface area contributed by atoms with E-state index in [0.29, 0.717) is 0 Å². The molecule has 0 spiro atoms. The van der Waals surface area contributed by atoms with Crippen molar-refractivity contribution in [1.82, 2.24) is 10.3 Å². The lowest BCUT2D eigenvalue weighted by Crippen LogP contribution is -2.48. The van der Waals surface area contributed by atoms with Crippen LogP contribution in [0.25, 0.3) is 0 Å². The van der Waals surface area contributed by atoms with Gasteiger partial charge in [0, 0.05) is 18.9 Å². The molecular weight excluding hydrogens is 226 g/mol. The van der Waals surface area contributed by atoms with Crippen LogP contribution in [-0.4, -0.2) is 24.0 Å². The molecule has 1 unspecified atom stereocenters. The number of amides is 1. The third-order valence-corrected chi connectivity index (χ3v) is 3.87. The van der Waals surface area contributed by atoms with Crippen LogP contribution in [0.2, 0.25) is 0 Å². The van der Waals surface area contributed by atoms with Crippen LogP contribution in [-0.2, 0) is 11.2 Å². The first kappa shape index (κ1) is 13.0. The molecule has 0 saturated carbocycles. The lowest BCUT2D eigenvalue weighted by atomic mass is 9.75. The van der Waals surface area contributed by atoms with E-state index in [9.17, 15) is 4.79 Å². The van der Waals surface area contributed by atoms with Crippen molar-refractivity contribution in [1.29, 1.82) is 0 Å². The highest BCUT2D eigenvalue weighted by Gasteiger charge is 2.37. The lowest BCUT2D eigenvalue weighted by Gasteiger charge is -2.34. The average Bonchev–Trinajstić information content (AvgIpc) is 2.41. The number of rotatable bonds is 5. The number of piperidine rings is 1. The average molecular weight is 247 g/mol. The van der Waals surface area contributed by atoms with Gasteiger partial charge in [-0.15, -0.1) is 0 Å². The SMILES string of the molecule is NC(=O)C1(CCCc2ccncc2)CCCNC1. The van der Waals surface area contributed by atoms with Gasteiger partial charge in [-0.25, -0.2) is 0 Å². The fourth-order valence-corrected chi connectivity index (χ4v) is 2.70. The van der Waals surface area contributed by atoms with E-state index in [2.05, 4.69) is 10.3 Å². The zero-order chi connectivity index (χ0) is 12.8. The molecule has 2 rings (SSSR count). The summed E-state index contributed by atoms with van der Waals surface area (Å²) in [5.74, 6) is -0.149. The summed E-state index contributed by atoms with van der Waals surface area (Å²) in [6.07, 6.45) is 8.43. The number of aryl methyl sites for hydroxylation is 1. The molecule has 1 saturated heterocycles. The fourth-order valence-electron chi connectivity index (χ4n) is 2.70. The highest BCUT2D eigenvalue weighted by atomic mass is 16.1. The van der Waals surface area contributed by atoms with Gasteiger partial charge in [-0.3, -0.25) is 9.78 Å². The Bertz CT molecular complexity index is 385. The van der Waals surface area contributed by atoms with E-state index in [0.717, 1.165) is 45.2 Å². The Morgan fingerprint density at radius 3 is 2.83 bits per heavy atom. The molecule has 1 aromatic rings. The maximum absolute atomic E-state index is 11.7. The molecule has 0 aliphatic carbocycles. The smallest absolute Gasteiger partial charge is 0.224 e. The predicted molar refractivity (Wildman–Crippen MR) is 70.9 cm³/mol. The van der Waals surface area contributed by atoms with Crippen LogP contribution in [0.1, 0.15) is 31.2 Å². The first-order chi connectivity index (χ1) is 8.73. The number of nitrogens with one attached hydrogen (secondary N) is 1. The van der Waals surface area contributed by atoms with Crippen LogP contribution < -0.4 is 11.1 Å². The molecular formula is C14H21N3O. The third-order valence-electron chi connectivity index (χ3n) is 3.87. The van der Waals surface area contributed by atoms with E-state index in [1.54, 1.807) is 12.4 Å². The minimum Gasteiger partial charge on any atom is -0.369 e. The number of nitrogens with zero attached hydrogens (tertiary/aromatic N) is 1. The van der Waals surface area contributed by atoms with Crippen LogP contribution in [0.3, 0.4) is 0 Å². The van der Waals surface area contributed by atoms with Gasteiger partial charge in [0.05, 0.1) is 5.41 Å². The van der Waals surface area contributed by atoms with Gasteiger partial charge in [0.1, 0.15) is 0 Å². The fraction of sp³-hybridized carbons (Fsp3) is 0.571. The second-order valence-corrected chi connectivity index (χ2v) is 5.13. The molecule has 1 aliphatic heterocycles. The maximum atomic E-state index is 11.7. The summed E-state index contributed by atoms with van der Waals surface area (Å²) in [5, 5.41) is 3.29. The quantitative estimate of drug-likeness (QED) is 0.823. The number of carbonyl (C=O) groups is 1. The molecule has 98 valence electrons. The number of pyridine rings is 1. The minimum absolute atomic E-state index is 0.149. The van der Waals surface area contributed by atoms with Gasteiger partial charge in [0.2, 0.25) is 5.91 Å². The van der Waals surface area contributed by atoms with Crippen molar-refractivity contribution in [2.24, 2.45) is 11.1 Å². The Morgan fingerprint density at radius 1 is 1.44 bits per heavy atom. The van der Waals surface area contributed by atoms with Crippen molar-refractivity contribution in [3.63, 3.8) is 0 Å². The maximum Gasteiger partial charge on any atom is 0.224 e. The van der Waals surface area contributed by atoms with Gasteiger partial charge < -0.3 is 11.1 Å². The van der Waals surface area contributed by atoms with E-state index in [-0.39, 0.29) is 11.3 Å². The predicted octanol–water partition coefficient (Wildman–Crippen LogP) is 1.26. The number of hydrogen-bond acceptors (Lipinski definition) is 3. The molecule has 18 heavy (non-hydrogen) atoms. The number of hydrogen-bond donors (Lipinski definition) is 2. The van der Waals surface area contributed by atoms with Crippen LogP contribution >= 0.6 is 0 Å². The Labute approximate surface area is 108 Å². The summed E-state index contributed by atoms with van der Waals surface area (Å²) in [6.45, 7) is 1.73. The van der Waals surface area contributed by atoms with Gasteiger partial charge in [-0.05, 0) is 56.3 Å². The molecule has 0 aromatic carbocycles. The number of primary amides is 1. The van der Waals surface area contributed by atoms with Crippen LogP contribution in [0.5, 0.6) is 0 Å². The van der Waals surface area contributed by atoms with Crippen molar-refractivity contribution in [3.05, 3.63) is 30.1 Å². The molecule has 1 aromatic heterocycles. The second kappa shape index (κ2) is 5.96. The molecule has 1 amide bonds. The summed E-state index contributed by atoms with van der Waals surface area (Å²) >= 11 is 0. The summed E-state index contributed by atoms with van der Waals surface area (Å²) < 4.78 is 0. The van der Waals surface area contributed by atoms with Gasteiger partial charge in [0.25, 0.3) is 0 Å². The standard InChI is InChI=1S/C14H21N3O/c15-13(18)14(7-2-8-17-11-14)6-1-3-12-4-9-16-10-5-12/h4-5,9-10,17H,1-3,6-8,11H2,(H2,15,18). The van der Waals surface area contributed by atoms with Crippen molar-refractivity contribution < 1.29 is 4.79 Å². The topological polar surface area (TPSA) is 68.0 Å².